The molecule has 0 aliphatic rings. The van der Waals surface area contributed by atoms with Crippen molar-refractivity contribution in [2.24, 2.45) is 0 Å². The van der Waals surface area contributed by atoms with E-state index in [9.17, 15) is 4.79 Å². The van der Waals surface area contributed by atoms with Gasteiger partial charge in [0, 0.05) is 15.7 Å². The van der Waals surface area contributed by atoms with Gasteiger partial charge in [-0.15, -0.1) is 0 Å². The third-order valence-electron chi connectivity index (χ3n) is 3.47. The lowest BCUT2D eigenvalue weighted by Gasteiger charge is -2.07. The maximum Gasteiger partial charge on any atom is 0.333 e. The van der Waals surface area contributed by atoms with Crippen LogP contribution in [0.3, 0.4) is 0 Å². The Bertz CT molecular complexity index is 1120. The normalized spacial score (nSPS) is 11.0. The highest BCUT2D eigenvalue weighted by Gasteiger charge is 2.12. The van der Waals surface area contributed by atoms with Crippen LogP contribution in [0.2, 0.25) is 10.0 Å². The molecule has 2 heterocycles. The molecule has 4 rings (SSSR count). The molecule has 9 heteroatoms. The summed E-state index contributed by atoms with van der Waals surface area (Å²) in [4.78, 5) is 27.5. The number of hydrogen-bond donors (Lipinski definition) is 2. The van der Waals surface area contributed by atoms with Crippen LogP contribution in [0, 0.1) is 0 Å². The van der Waals surface area contributed by atoms with Crippen molar-refractivity contribution in [2.45, 2.75) is 0 Å². The van der Waals surface area contributed by atoms with Gasteiger partial charge in [-0.25, -0.2) is 19.3 Å². The van der Waals surface area contributed by atoms with E-state index in [4.69, 9.17) is 23.2 Å². The molecule has 2 aromatic heterocycles. The van der Waals surface area contributed by atoms with E-state index >= 15 is 0 Å². The number of imidazole rings is 1. The highest BCUT2D eigenvalue weighted by Crippen LogP contribution is 2.24. The number of aromatic amines is 1. The molecule has 0 atom stereocenters. The molecule has 0 saturated heterocycles. The van der Waals surface area contributed by atoms with Crippen molar-refractivity contribution >= 4 is 45.9 Å². The average molecular weight is 373 g/mol. The summed E-state index contributed by atoms with van der Waals surface area (Å²) in [5.41, 5.74) is 1.67. The fraction of sp³-hybridized carbons (Fsp3) is 0. The van der Waals surface area contributed by atoms with Crippen molar-refractivity contribution in [3.05, 3.63) is 69.3 Å². The Morgan fingerprint density at radius 2 is 1.80 bits per heavy atom. The van der Waals surface area contributed by atoms with Crippen LogP contribution in [-0.4, -0.2) is 24.5 Å². The molecule has 7 nitrogen and oxygen atoms in total. The van der Waals surface area contributed by atoms with E-state index in [-0.39, 0.29) is 17.6 Å². The number of halogens is 2. The average Bonchev–Trinajstić information content (AvgIpc) is 2.90. The number of fused-ring (bicyclic) bond motifs is 1. The van der Waals surface area contributed by atoms with Gasteiger partial charge in [0.05, 0.1) is 11.0 Å². The van der Waals surface area contributed by atoms with Gasteiger partial charge in [-0.1, -0.05) is 35.3 Å². The lowest BCUT2D eigenvalue weighted by atomic mass is 10.3. The van der Waals surface area contributed by atoms with Crippen LogP contribution in [0.4, 0.5) is 11.6 Å². The number of hydrogen-bond acceptors (Lipinski definition) is 5. The summed E-state index contributed by atoms with van der Waals surface area (Å²) < 4.78 is 1.38. The molecule has 25 heavy (non-hydrogen) atoms. The van der Waals surface area contributed by atoms with Crippen molar-refractivity contribution in [1.82, 2.24) is 24.5 Å². The van der Waals surface area contributed by atoms with Gasteiger partial charge in [-0.3, -0.25) is 0 Å². The Labute approximate surface area is 151 Å². The molecule has 0 bridgehead atoms. The highest BCUT2D eigenvalue weighted by molar-refractivity contribution is 6.35. The van der Waals surface area contributed by atoms with Crippen molar-refractivity contribution in [1.29, 1.82) is 0 Å². The topological polar surface area (TPSA) is 88.5 Å². The molecule has 2 N–H and O–H groups in total. The fourth-order valence-corrected chi connectivity index (χ4v) is 2.99. The van der Waals surface area contributed by atoms with Gasteiger partial charge in [-0.2, -0.15) is 4.98 Å². The summed E-state index contributed by atoms with van der Waals surface area (Å²) in [6.07, 6.45) is 1.32. The quantitative estimate of drug-likeness (QED) is 0.573. The molecule has 0 spiro atoms. The first-order chi connectivity index (χ1) is 12.1. The Balaban J connectivity index is 1.76. The zero-order valence-corrected chi connectivity index (χ0v) is 14.1. The number of H-pyrrole nitrogens is 1. The maximum absolute atomic E-state index is 12.2. The predicted octanol–water partition coefficient (Wildman–Crippen LogP) is 3.55. The zero-order chi connectivity index (χ0) is 17.4. The van der Waals surface area contributed by atoms with Gasteiger partial charge in [0.15, 0.2) is 0 Å². The van der Waals surface area contributed by atoms with E-state index in [0.717, 1.165) is 0 Å². The molecule has 0 amide bonds. The van der Waals surface area contributed by atoms with E-state index < -0.39 is 0 Å². The van der Waals surface area contributed by atoms with E-state index in [2.05, 4.69) is 25.3 Å². The molecule has 0 fully saturated rings. The summed E-state index contributed by atoms with van der Waals surface area (Å²) in [7, 11) is 0. The second-order valence-electron chi connectivity index (χ2n) is 5.17. The van der Waals surface area contributed by atoms with Crippen LogP contribution in [0.1, 0.15) is 0 Å². The Morgan fingerprint density at radius 3 is 2.60 bits per heavy atom. The monoisotopic (exact) mass is 372 g/mol. The van der Waals surface area contributed by atoms with E-state index in [1.807, 2.05) is 18.2 Å². The summed E-state index contributed by atoms with van der Waals surface area (Å²) in [6, 6.07) is 12.3. The molecular weight excluding hydrogens is 363 g/mol. The SMILES string of the molecule is O=c1[nH]c2ccccc2n1-c1ncnc(Nc2cc(Cl)cc(Cl)c2)n1. The molecule has 0 aliphatic carbocycles. The summed E-state index contributed by atoms with van der Waals surface area (Å²) in [6.45, 7) is 0. The minimum atomic E-state index is -0.329. The number of rotatable bonds is 3. The number of anilines is 2. The maximum atomic E-state index is 12.2. The van der Waals surface area contributed by atoms with Gasteiger partial charge < -0.3 is 10.3 Å². The third-order valence-corrected chi connectivity index (χ3v) is 3.90. The van der Waals surface area contributed by atoms with Crippen LogP contribution in [0.5, 0.6) is 0 Å². The Kier molecular flexibility index (Phi) is 3.87. The number of nitrogens with zero attached hydrogens (tertiary/aromatic N) is 4. The van der Waals surface area contributed by atoms with E-state index in [1.54, 1.807) is 24.3 Å². The Morgan fingerprint density at radius 1 is 1.04 bits per heavy atom. The zero-order valence-electron chi connectivity index (χ0n) is 12.6. The van der Waals surface area contributed by atoms with Crippen LogP contribution in [-0.2, 0) is 0 Å². The Hall–Kier alpha value is -2.90. The predicted molar refractivity (Wildman–Crippen MR) is 97.0 cm³/mol. The van der Waals surface area contributed by atoms with Crippen LogP contribution in [0.25, 0.3) is 17.0 Å². The molecule has 2 aromatic carbocycles. The smallest absolute Gasteiger partial charge is 0.324 e. The van der Waals surface area contributed by atoms with Crippen molar-refractivity contribution in [3.63, 3.8) is 0 Å². The standard InChI is InChI=1S/C16H10Cl2N6O/c17-9-5-10(18)7-11(6-9)21-14-19-8-20-15(23-14)24-13-4-2-1-3-12(13)22-16(24)25/h1-8H,(H,22,25)(H,19,20,21,23). The minimum Gasteiger partial charge on any atom is -0.324 e. The lowest BCUT2D eigenvalue weighted by molar-refractivity contribution is 0.886. The lowest BCUT2D eigenvalue weighted by Crippen LogP contribution is -2.18. The molecule has 124 valence electrons. The first-order valence-corrected chi connectivity index (χ1v) is 7.98. The van der Waals surface area contributed by atoms with Crippen molar-refractivity contribution in [3.8, 4) is 5.95 Å². The van der Waals surface area contributed by atoms with Gasteiger partial charge >= 0.3 is 5.69 Å². The summed E-state index contributed by atoms with van der Waals surface area (Å²) in [5.74, 6) is 0.466. The highest BCUT2D eigenvalue weighted by atomic mass is 35.5. The summed E-state index contributed by atoms with van der Waals surface area (Å²) in [5, 5.41) is 3.97. The second-order valence-corrected chi connectivity index (χ2v) is 6.05. The summed E-state index contributed by atoms with van der Waals surface area (Å²) >= 11 is 12.0. The van der Waals surface area contributed by atoms with Gasteiger partial charge in [0.1, 0.15) is 6.33 Å². The van der Waals surface area contributed by atoms with Crippen LogP contribution >= 0.6 is 23.2 Å². The first-order valence-electron chi connectivity index (χ1n) is 7.22. The largest absolute Gasteiger partial charge is 0.333 e. The van der Waals surface area contributed by atoms with Gasteiger partial charge in [0.2, 0.25) is 11.9 Å². The number of benzene rings is 2. The van der Waals surface area contributed by atoms with Gasteiger partial charge in [0.25, 0.3) is 0 Å². The second kappa shape index (κ2) is 6.19. The molecule has 4 aromatic rings. The first kappa shape index (κ1) is 15.6. The molecular formula is C16H10Cl2N6O. The minimum absolute atomic E-state index is 0.202. The van der Waals surface area contributed by atoms with E-state index in [0.29, 0.717) is 26.8 Å². The van der Waals surface area contributed by atoms with Crippen LogP contribution in [0.15, 0.2) is 53.6 Å². The number of nitrogens with one attached hydrogen (secondary N) is 2. The molecule has 0 radical (unpaired) electrons. The molecule has 0 saturated carbocycles. The fourth-order valence-electron chi connectivity index (χ4n) is 2.46. The third kappa shape index (κ3) is 3.07. The number of para-hydroxylation sites is 2. The number of aromatic nitrogens is 5. The van der Waals surface area contributed by atoms with Crippen LogP contribution < -0.4 is 11.0 Å². The molecule has 0 aliphatic heterocycles. The molecule has 0 unspecified atom stereocenters. The van der Waals surface area contributed by atoms with E-state index in [1.165, 1.54) is 10.9 Å². The van der Waals surface area contributed by atoms with Crippen molar-refractivity contribution < 1.29 is 0 Å². The van der Waals surface area contributed by atoms with Crippen molar-refractivity contribution in [2.75, 3.05) is 5.32 Å². The van der Waals surface area contributed by atoms with Gasteiger partial charge in [-0.05, 0) is 30.3 Å².